The van der Waals surface area contributed by atoms with Gasteiger partial charge in [0.1, 0.15) is 13.2 Å². The van der Waals surface area contributed by atoms with E-state index in [0.717, 1.165) is 11.1 Å². The second-order valence-corrected chi connectivity index (χ2v) is 4.90. The van der Waals surface area contributed by atoms with Gasteiger partial charge in [-0.05, 0) is 11.1 Å². The van der Waals surface area contributed by atoms with E-state index in [-0.39, 0.29) is 19.6 Å². The van der Waals surface area contributed by atoms with Gasteiger partial charge in [0.05, 0.1) is 0 Å². The third-order valence-corrected chi connectivity index (χ3v) is 3.15. The van der Waals surface area contributed by atoms with Crippen LogP contribution in [0.25, 0.3) is 0 Å². The maximum Gasteiger partial charge on any atom is 0.340 e. The first-order valence-corrected chi connectivity index (χ1v) is 7.31. The summed E-state index contributed by atoms with van der Waals surface area (Å²) in [6.07, 6.45) is 0.262. The van der Waals surface area contributed by atoms with Gasteiger partial charge in [0.2, 0.25) is 12.5 Å². The minimum atomic E-state index is -1.49. The summed E-state index contributed by atoms with van der Waals surface area (Å²) in [6, 6.07) is 16.5. The highest BCUT2D eigenvalue weighted by Gasteiger charge is 2.29. The molecule has 6 heteroatoms. The van der Waals surface area contributed by atoms with Gasteiger partial charge in [-0.15, -0.1) is 0 Å². The van der Waals surface area contributed by atoms with Crippen LogP contribution in [-0.2, 0) is 37.1 Å². The van der Waals surface area contributed by atoms with Crippen LogP contribution in [-0.4, -0.2) is 24.4 Å². The van der Waals surface area contributed by atoms with Gasteiger partial charge in [-0.25, -0.2) is 9.59 Å². The molecule has 124 valence electrons. The van der Waals surface area contributed by atoms with Crippen LogP contribution in [0, 0.1) is 0 Å². The summed E-state index contributed by atoms with van der Waals surface area (Å²) in [5.74, 6) is -1.74. The number of hydrogen-bond donors (Lipinski definition) is 1. The van der Waals surface area contributed by atoms with Crippen molar-refractivity contribution < 1.29 is 23.9 Å². The van der Waals surface area contributed by atoms with Crippen LogP contribution in [0.4, 0.5) is 0 Å². The first-order valence-electron chi connectivity index (χ1n) is 7.31. The summed E-state index contributed by atoms with van der Waals surface area (Å²) in [5, 5.41) is 2.13. The standard InChI is InChI=1S/C18H17NO5/c20-13-19-16(17(21)23-11-14-7-3-1-4-8-14)18(22)24-12-15-9-5-2-6-10-15/h1-10,13,16H,11-12H2,(H,19,20). The molecule has 1 N–H and O–H groups in total. The summed E-state index contributed by atoms with van der Waals surface area (Å²) in [7, 11) is 0. The largest absolute Gasteiger partial charge is 0.459 e. The van der Waals surface area contributed by atoms with Crippen LogP contribution in [0.15, 0.2) is 60.7 Å². The third kappa shape index (κ3) is 5.24. The lowest BCUT2D eigenvalue weighted by molar-refractivity contribution is -0.160. The summed E-state index contributed by atoms with van der Waals surface area (Å²) < 4.78 is 10.1. The van der Waals surface area contributed by atoms with Crippen molar-refractivity contribution >= 4 is 18.3 Å². The maximum absolute atomic E-state index is 12.0. The lowest BCUT2D eigenvalue weighted by atomic mass is 10.2. The second-order valence-electron chi connectivity index (χ2n) is 4.90. The van der Waals surface area contributed by atoms with E-state index in [0.29, 0.717) is 0 Å². The Kier molecular flexibility index (Phi) is 6.52. The minimum absolute atomic E-state index is 0.00265. The highest BCUT2D eigenvalue weighted by Crippen LogP contribution is 2.05. The van der Waals surface area contributed by atoms with Gasteiger partial charge in [0, 0.05) is 0 Å². The molecule has 2 aromatic rings. The van der Waals surface area contributed by atoms with Crippen molar-refractivity contribution in [1.29, 1.82) is 0 Å². The van der Waals surface area contributed by atoms with Crippen LogP contribution in [0.3, 0.4) is 0 Å². The number of ether oxygens (including phenoxy) is 2. The molecule has 0 aromatic heterocycles. The highest BCUT2D eigenvalue weighted by atomic mass is 16.6. The van der Waals surface area contributed by atoms with Crippen molar-refractivity contribution in [1.82, 2.24) is 5.32 Å². The molecule has 0 aliphatic rings. The second kappa shape index (κ2) is 9.09. The van der Waals surface area contributed by atoms with Crippen molar-refractivity contribution in [3.63, 3.8) is 0 Å². The molecule has 0 aliphatic heterocycles. The molecule has 0 fully saturated rings. The molecule has 0 atom stereocenters. The molecule has 0 radical (unpaired) electrons. The molecule has 0 spiro atoms. The Labute approximate surface area is 139 Å². The Hall–Kier alpha value is -3.15. The van der Waals surface area contributed by atoms with E-state index in [1.807, 2.05) is 12.1 Å². The van der Waals surface area contributed by atoms with Crippen LogP contribution in [0.2, 0.25) is 0 Å². The molecule has 0 unspecified atom stereocenters. The van der Waals surface area contributed by atoms with Gasteiger partial charge in [-0.3, -0.25) is 4.79 Å². The molecule has 24 heavy (non-hydrogen) atoms. The van der Waals surface area contributed by atoms with Crippen LogP contribution >= 0.6 is 0 Å². The quantitative estimate of drug-likeness (QED) is 0.452. The molecule has 0 heterocycles. The van der Waals surface area contributed by atoms with Crippen molar-refractivity contribution in [2.24, 2.45) is 0 Å². The molecule has 0 aliphatic carbocycles. The number of nitrogens with one attached hydrogen (secondary N) is 1. The average Bonchev–Trinajstić information content (AvgIpc) is 2.64. The zero-order chi connectivity index (χ0) is 17.2. The number of rotatable bonds is 8. The smallest absolute Gasteiger partial charge is 0.340 e. The summed E-state index contributed by atoms with van der Waals surface area (Å²) in [4.78, 5) is 34.7. The number of esters is 2. The maximum atomic E-state index is 12.0. The lowest BCUT2D eigenvalue weighted by Crippen LogP contribution is -2.44. The molecule has 0 saturated carbocycles. The number of benzene rings is 2. The van der Waals surface area contributed by atoms with Crippen LogP contribution < -0.4 is 5.32 Å². The predicted molar refractivity (Wildman–Crippen MR) is 85.5 cm³/mol. The monoisotopic (exact) mass is 327 g/mol. The van der Waals surface area contributed by atoms with E-state index >= 15 is 0 Å². The minimum Gasteiger partial charge on any atom is -0.459 e. The molecule has 2 aromatic carbocycles. The summed E-state index contributed by atoms with van der Waals surface area (Å²) >= 11 is 0. The predicted octanol–water partition coefficient (Wildman–Crippen LogP) is 1.59. The molecular weight excluding hydrogens is 310 g/mol. The first-order chi connectivity index (χ1) is 11.7. The molecule has 0 saturated heterocycles. The Morgan fingerprint density at radius 3 is 1.62 bits per heavy atom. The number of carbonyl (C=O) groups excluding carboxylic acids is 3. The van der Waals surface area contributed by atoms with E-state index in [2.05, 4.69) is 5.32 Å². The van der Waals surface area contributed by atoms with Gasteiger partial charge in [0.15, 0.2) is 0 Å². The summed E-state index contributed by atoms with van der Waals surface area (Å²) in [6.45, 7) is 0.00531. The normalized spacial score (nSPS) is 10.0. The fourth-order valence-electron chi connectivity index (χ4n) is 1.92. The van der Waals surface area contributed by atoms with Gasteiger partial charge in [-0.1, -0.05) is 60.7 Å². The third-order valence-electron chi connectivity index (χ3n) is 3.15. The van der Waals surface area contributed by atoms with Gasteiger partial charge in [-0.2, -0.15) is 0 Å². The zero-order valence-corrected chi connectivity index (χ0v) is 12.9. The molecule has 0 bridgehead atoms. The van der Waals surface area contributed by atoms with E-state index < -0.39 is 18.0 Å². The van der Waals surface area contributed by atoms with Crippen LogP contribution in [0.5, 0.6) is 0 Å². The molecule has 1 amide bonds. The molecule has 2 rings (SSSR count). The van der Waals surface area contributed by atoms with Gasteiger partial charge in [0.25, 0.3) is 0 Å². The number of hydrogen-bond acceptors (Lipinski definition) is 5. The SMILES string of the molecule is O=CNC(C(=O)OCc1ccccc1)C(=O)OCc1ccccc1. The van der Waals surface area contributed by atoms with Gasteiger partial charge >= 0.3 is 11.9 Å². The number of amides is 1. The highest BCUT2D eigenvalue weighted by molar-refractivity contribution is 6.00. The Morgan fingerprint density at radius 1 is 0.833 bits per heavy atom. The van der Waals surface area contributed by atoms with E-state index in [1.165, 1.54) is 0 Å². The first kappa shape index (κ1) is 17.2. The molecular formula is C18H17NO5. The fourth-order valence-corrected chi connectivity index (χ4v) is 1.92. The summed E-state index contributed by atoms with van der Waals surface area (Å²) in [5.41, 5.74) is 1.54. The van der Waals surface area contributed by atoms with E-state index in [9.17, 15) is 14.4 Å². The van der Waals surface area contributed by atoms with E-state index in [4.69, 9.17) is 9.47 Å². The average molecular weight is 327 g/mol. The topological polar surface area (TPSA) is 81.7 Å². The van der Waals surface area contributed by atoms with Crippen molar-refractivity contribution in [3.05, 3.63) is 71.8 Å². The van der Waals surface area contributed by atoms with Crippen LogP contribution in [0.1, 0.15) is 11.1 Å². The zero-order valence-electron chi connectivity index (χ0n) is 12.9. The van der Waals surface area contributed by atoms with Crippen molar-refractivity contribution in [2.45, 2.75) is 19.3 Å². The Bertz CT molecular complexity index is 617. The lowest BCUT2D eigenvalue weighted by Gasteiger charge is -2.14. The Balaban J connectivity index is 1.90. The van der Waals surface area contributed by atoms with Crippen molar-refractivity contribution in [2.75, 3.05) is 0 Å². The van der Waals surface area contributed by atoms with Gasteiger partial charge < -0.3 is 14.8 Å². The van der Waals surface area contributed by atoms with Crippen molar-refractivity contribution in [3.8, 4) is 0 Å². The van der Waals surface area contributed by atoms with E-state index in [1.54, 1.807) is 48.5 Å². The molecule has 6 nitrogen and oxygen atoms in total. The Morgan fingerprint density at radius 2 is 1.25 bits per heavy atom. The number of carbonyl (C=O) groups is 3. The fraction of sp³-hybridized carbons (Fsp3) is 0.167.